The third-order valence-electron chi connectivity index (χ3n) is 5.29. The molecule has 0 N–H and O–H groups in total. The van der Waals surface area contributed by atoms with Gasteiger partial charge in [-0.25, -0.2) is 8.42 Å². The van der Waals surface area contributed by atoms with Crippen LogP contribution in [-0.4, -0.2) is 42.3 Å². The molecule has 0 saturated carbocycles. The number of hydrogen-bond donors (Lipinski definition) is 0. The van der Waals surface area contributed by atoms with Crippen molar-refractivity contribution in [3.63, 3.8) is 0 Å². The Kier molecular flexibility index (Phi) is 3.74. The van der Waals surface area contributed by atoms with E-state index in [0.717, 1.165) is 18.4 Å². The van der Waals surface area contributed by atoms with Crippen LogP contribution in [-0.2, 0) is 21.8 Å². The van der Waals surface area contributed by atoms with Crippen LogP contribution in [0.15, 0.2) is 47.6 Å². The number of rotatable bonds is 3. The molecule has 1 aromatic carbocycles. The summed E-state index contributed by atoms with van der Waals surface area (Å²) in [5, 5.41) is 4.26. The van der Waals surface area contributed by atoms with Gasteiger partial charge in [-0.05, 0) is 24.5 Å². The number of aromatic nitrogens is 2. The fourth-order valence-electron chi connectivity index (χ4n) is 4.00. The Hall–Kier alpha value is -1.70. The number of hydrogen-bond acceptors (Lipinski definition) is 4. The van der Waals surface area contributed by atoms with E-state index in [-0.39, 0.29) is 16.5 Å². The standard InChI is InChI=1S/C17H21N3O3S/c1-19-15(7-10-18-19)24(21,22)20-13-17(8-11-23-12-9-17)16(20)14-5-3-2-4-6-14/h2-7,10,16H,8-9,11-13H2,1H3/t16-/m1/s1. The van der Waals surface area contributed by atoms with E-state index in [0.29, 0.717) is 19.8 Å². The van der Waals surface area contributed by atoms with Crippen molar-refractivity contribution in [1.29, 1.82) is 0 Å². The van der Waals surface area contributed by atoms with Crippen LogP contribution in [0.5, 0.6) is 0 Å². The van der Waals surface area contributed by atoms with Crippen molar-refractivity contribution >= 4 is 10.0 Å². The van der Waals surface area contributed by atoms with Gasteiger partial charge in [0.1, 0.15) is 0 Å². The Bertz CT molecular complexity index is 826. The monoisotopic (exact) mass is 347 g/mol. The first-order chi connectivity index (χ1) is 11.5. The SMILES string of the molecule is Cn1nccc1S(=O)(=O)N1CC2(CCOCC2)[C@H]1c1ccccc1. The molecule has 4 rings (SSSR count). The second-order valence-corrected chi connectivity index (χ2v) is 8.47. The number of nitrogens with zero attached hydrogens (tertiary/aromatic N) is 3. The van der Waals surface area contributed by atoms with Crippen LogP contribution in [0.3, 0.4) is 0 Å². The molecule has 24 heavy (non-hydrogen) atoms. The number of ether oxygens (including phenoxy) is 1. The minimum Gasteiger partial charge on any atom is -0.381 e. The first kappa shape index (κ1) is 15.8. The van der Waals surface area contributed by atoms with Crippen LogP contribution in [0.1, 0.15) is 24.4 Å². The largest absolute Gasteiger partial charge is 0.381 e. The lowest BCUT2D eigenvalue weighted by Gasteiger charge is -2.58. The second kappa shape index (κ2) is 5.68. The normalized spacial score (nSPS) is 24.0. The minimum atomic E-state index is -3.57. The lowest BCUT2D eigenvalue weighted by Crippen LogP contribution is -2.62. The zero-order chi connectivity index (χ0) is 16.8. The predicted molar refractivity (Wildman–Crippen MR) is 88.8 cm³/mol. The number of aryl methyl sites for hydroxylation is 1. The molecule has 7 heteroatoms. The van der Waals surface area contributed by atoms with E-state index in [2.05, 4.69) is 5.10 Å². The smallest absolute Gasteiger partial charge is 0.260 e. The topological polar surface area (TPSA) is 64.4 Å². The Balaban J connectivity index is 1.75. The summed E-state index contributed by atoms with van der Waals surface area (Å²) >= 11 is 0. The molecule has 0 unspecified atom stereocenters. The summed E-state index contributed by atoms with van der Waals surface area (Å²) < 4.78 is 34.8. The molecule has 2 saturated heterocycles. The zero-order valence-electron chi connectivity index (χ0n) is 13.6. The van der Waals surface area contributed by atoms with Gasteiger partial charge in [0.15, 0.2) is 5.03 Å². The third kappa shape index (κ3) is 2.30. The molecular formula is C17H21N3O3S. The van der Waals surface area contributed by atoms with Gasteiger partial charge in [0.25, 0.3) is 10.0 Å². The molecule has 1 atom stereocenters. The molecule has 3 heterocycles. The Morgan fingerprint density at radius 2 is 1.88 bits per heavy atom. The van der Waals surface area contributed by atoms with Crippen molar-refractivity contribution in [3.05, 3.63) is 48.2 Å². The Morgan fingerprint density at radius 3 is 2.50 bits per heavy atom. The van der Waals surface area contributed by atoms with Gasteiger partial charge in [0, 0.05) is 32.2 Å². The molecule has 2 aliphatic heterocycles. The molecule has 6 nitrogen and oxygen atoms in total. The van der Waals surface area contributed by atoms with E-state index in [1.165, 1.54) is 10.9 Å². The summed E-state index contributed by atoms with van der Waals surface area (Å²) in [7, 11) is -1.91. The first-order valence-electron chi connectivity index (χ1n) is 8.17. The van der Waals surface area contributed by atoms with Gasteiger partial charge in [-0.2, -0.15) is 9.40 Å². The average molecular weight is 347 g/mol. The van der Waals surface area contributed by atoms with E-state index < -0.39 is 10.0 Å². The minimum absolute atomic E-state index is 0.0226. The quantitative estimate of drug-likeness (QED) is 0.851. The lowest BCUT2D eigenvalue weighted by atomic mass is 9.65. The maximum absolute atomic E-state index is 13.1. The van der Waals surface area contributed by atoms with Gasteiger partial charge in [-0.3, -0.25) is 4.68 Å². The maximum Gasteiger partial charge on any atom is 0.260 e. The predicted octanol–water partition coefficient (Wildman–Crippen LogP) is 1.96. The van der Waals surface area contributed by atoms with Crippen molar-refractivity contribution in [2.45, 2.75) is 23.9 Å². The van der Waals surface area contributed by atoms with Crippen molar-refractivity contribution in [2.75, 3.05) is 19.8 Å². The van der Waals surface area contributed by atoms with E-state index in [9.17, 15) is 8.42 Å². The lowest BCUT2D eigenvalue weighted by molar-refractivity contribution is -0.0953. The molecule has 1 spiro atoms. The summed E-state index contributed by atoms with van der Waals surface area (Å²) in [5.41, 5.74) is 1.03. The van der Waals surface area contributed by atoms with Crippen molar-refractivity contribution < 1.29 is 13.2 Å². The van der Waals surface area contributed by atoms with Gasteiger partial charge in [0.2, 0.25) is 0 Å². The molecule has 0 radical (unpaired) electrons. The molecular weight excluding hydrogens is 326 g/mol. The van der Waals surface area contributed by atoms with Crippen LogP contribution in [0.4, 0.5) is 0 Å². The highest BCUT2D eigenvalue weighted by atomic mass is 32.2. The summed E-state index contributed by atoms with van der Waals surface area (Å²) in [6.07, 6.45) is 3.31. The fourth-order valence-corrected chi connectivity index (χ4v) is 5.91. The Morgan fingerprint density at radius 1 is 1.17 bits per heavy atom. The Labute approximate surface area is 142 Å². The molecule has 128 valence electrons. The van der Waals surface area contributed by atoms with Gasteiger partial charge in [0.05, 0.1) is 12.2 Å². The molecule has 1 aromatic heterocycles. The van der Waals surface area contributed by atoms with Gasteiger partial charge in [-0.15, -0.1) is 0 Å². The van der Waals surface area contributed by atoms with E-state index >= 15 is 0 Å². The van der Waals surface area contributed by atoms with Crippen LogP contribution in [0.25, 0.3) is 0 Å². The molecule has 0 bridgehead atoms. The van der Waals surface area contributed by atoms with Crippen LogP contribution >= 0.6 is 0 Å². The number of benzene rings is 1. The van der Waals surface area contributed by atoms with E-state index in [1.807, 2.05) is 30.3 Å². The van der Waals surface area contributed by atoms with E-state index in [1.54, 1.807) is 17.4 Å². The number of sulfonamides is 1. The summed E-state index contributed by atoms with van der Waals surface area (Å²) in [5.74, 6) is 0. The van der Waals surface area contributed by atoms with Crippen molar-refractivity contribution in [1.82, 2.24) is 14.1 Å². The molecule has 0 aliphatic carbocycles. The summed E-state index contributed by atoms with van der Waals surface area (Å²) in [6.45, 7) is 1.94. The highest BCUT2D eigenvalue weighted by molar-refractivity contribution is 7.89. The van der Waals surface area contributed by atoms with Crippen LogP contribution in [0, 0.1) is 5.41 Å². The average Bonchev–Trinajstić information content (AvgIpc) is 3.01. The molecule has 2 fully saturated rings. The highest BCUT2D eigenvalue weighted by Crippen LogP contribution is 2.56. The summed E-state index contributed by atoms with van der Waals surface area (Å²) in [4.78, 5) is 0. The van der Waals surface area contributed by atoms with Gasteiger partial charge in [-0.1, -0.05) is 30.3 Å². The van der Waals surface area contributed by atoms with Gasteiger partial charge < -0.3 is 4.74 Å². The third-order valence-corrected chi connectivity index (χ3v) is 7.18. The van der Waals surface area contributed by atoms with Crippen LogP contribution < -0.4 is 0 Å². The molecule has 0 amide bonds. The van der Waals surface area contributed by atoms with Crippen LogP contribution in [0.2, 0.25) is 0 Å². The van der Waals surface area contributed by atoms with Gasteiger partial charge >= 0.3 is 0 Å². The highest BCUT2D eigenvalue weighted by Gasteiger charge is 2.58. The first-order valence-corrected chi connectivity index (χ1v) is 9.61. The molecule has 2 aliphatic rings. The fraction of sp³-hybridized carbons (Fsp3) is 0.471. The zero-order valence-corrected chi connectivity index (χ0v) is 14.4. The maximum atomic E-state index is 13.1. The second-order valence-electron chi connectivity index (χ2n) is 6.63. The van der Waals surface area contributed by atoms with Crippen molar-refractivity contribution in [3.8, 4) is 0 Å². The van der Waals surface area contributed by atoms with E-state index in [4.69, 9.17) is 4.74 Å². The molecule has 2 aromatic rings. The summed E-state index contributed by atoms with van der Waals surface area (Å²) in [6, 6.07) is 11.4. The van der Waals surface area contributed by atoms with Crippen molar-refractivity contribution in [2.24, 2.45) is 12.5 Å².